The van der Waals surface area contributed by atoms with Crippen molar-refractivity contribution < 1.29 is 4.79 Å². The van der Waals surface area contributed by atoms with E-state index >= 15 is 0 Å². The standard InChI is InChI=1S/C13H19N5OS/c1-5-18(8-10(19)17(3)4)11-9-6-7-20-12(9)16-13(14-2)15-11/h6-7H,5,8H2,1-4H3,(H,14,15,16). The Labute approximate surface area is 122 Å². The molecule has 0 aliphatic carbocycles. The van der Waals surface area contributed by atoms with Gasteiger partial charge in [0.2, 0.25) is 11.9 Å². The van der Waals surface area contributed by atoms with E-state index < -0.39 is 0 Å². The van der Waals surface area contributed by atoms with E-state index in [9.17, 15) is 4.79 Å². The molecule has 7 heteroatoms. The molecule has 2 aromatic rings. The number of hydrogen-bond donors (Lipinski definition) is 1. The number of nitrogens with zero attached hydrogens (tertiary/aromatic N) is 4. The van der Waals surface area contributed by atoms with Crippen LogP contribution in [0.25, 0.3) is 10.2 Å². The van der Waals surface area contributed by atoms with E-state index in [1.165, 1.54) is 0 Å². The fraction of sp³-hybridized carbons (Fsp3) is 0.462. The number of thiophene rings is 1. The number of fused-ring (bicyclic) bond motifs is 1. The third-order valence-corrected chi connectivity index (χ3v) is 3.84. The maximum atomic E-state index is 11.9. The predicted molar refractivity (Wildman–Crippen MR) is 83.5 cm³/mol. The number of amides is 1. The van der Waals surface area contributed by atoms with E-state index in [0.29, 0.717) is 19.0 Å². The van der Waals surface area contributed by atoms with Crippen molar-refractivity contribution in [2.24, 2.45) is 0 Å². The SMILES string of the molecule is CCN(CC(=O)N(C)C)c1nc(NC)nc2sccc12. The molecule has 0 aromatic carbocycles. The van der Waals surface area contributed by atoms with Crippen molar-refractivity contribution in [3.8, 4) is 0 Å². The van der Waals surface area contributed by atoms with Crippen molar-refractivity contribution in [2.75, 3.05) is 44.4 Å². The highest BCUT2D eigenvalue weighted by Crippen LogP contribution is 2.28. The summed E-state index contributed by atoms with van der Waals surface area (Å²) in [7, 11) is 5.31. The maximum absolute atomic E-state index is 11.9. The quantitative estimate of drug-likeness (QED) is 0.908. The zero-order valence-electron chi connectivity index (χ0n) is 12.2. The van der Waals surface area contributed by atoms with E-state index in [1.807, 2.05) is 23.3 Å². The first kappa shape index (κ1) is 14.5. The third-order valence-electron chi connectivity index (χ3n) is 3.03. The van der Waals surface area contributed by atoms with Crippen molar-refractivity contribution >= 4 is 39.2 Å². The van der Waals surface area contributed by atoms with Crippen LogP contribution in [0.1, 0.15) is 6.92 Å². The summed E-state index contributed by atoms with van der Waals surface area (Å²) in [6, 6.07) is 2.00. The van der Waals surface area contributed by atoms with Crippen molar-refractivity contribution in [1.29, 1.82) is 0 Å². The van der Waals surface area contributed by atoms with Crippen LogP contribution in [0.4, 0.5) is 11.8 Å². The minimum atomic E-state index is 0.0554. The Morgan fingerprint density at radius 2 is 2.15 bits per heavy atom. The Morgan fingerprint density at radius 1 is 1.40 bits per heavy atom. The summed E-state index contributed by atoms with van der Waals surface area (Å²) >= 11 is 1.57. The minimum Gasteiger partial charge on any atom is -0.357 e. The number of nitrogens with one attached hydrogen (secondary N) is 1. The van der Waals surface area contributed by atoms with Gasteiger partial charge in [-0.1, -0.05) is 0 Å². The monoisotopic (exact) mass is 293 g/mol. The van der Waals surface area contributed by atoms with E-state index in [2.05, 4.69) is 15.3 Å². The van der Waals surface area contributed by atoms with Crippen LogP contribution >= 0.6 is 11.3 Å². The van der Waals surface area contributed by atoms with Crippen LogP contribution in [0.15, 0.2) is 11.4 Å². The molecule has 1 N–H and O–H groups in total. The molecular formula is C13H19N5OS. The molecule has 1 amide bonds. The van der Waals surface area contributed by atoms with Crippen molar-refractivity contribution in [3.05, 3.63) is 11.4 Å². The van der Waals surface area contributed by atoms with Gasteiger partial charge in [0, 0.05) is 27.7 Å². The van der Waals surface area contributed by atoms with Crippen molar-refractivity contribution in [1.82, 2.24) is 14.9 Å². The van der Waals surface area contributed by atoms with Crippen molar-refractivity contribution in [2.45, 2.75) is 6.92 Å². The van der Waals surface area contributed by atoms with Gasteiger partial charge in [0.25, 0.3) is 0 Å². The molecule has 0 unspecified atom stereocenters. The smallest absolute Gasteiger partial charge is 0.241 e. The lowest BCUT2D eigenvalue weighted by Gasteiger charge is -2.24. The molecule has 0 saturated carbocycles. The van der Waals surface area contributed by atoms with Gasteiger partial charge in [-0.05, 0) is 18.4 Å². The van der Waals surface area contributed by atoms with Gasteiger partial charge < -0.3 is 15.1 Å². The lowest BCUT2D eigenvalue weighted by Crippen LogP contribution is -2.37. The predicted octanol–water partition coefficient (Wildman–Crippen LogP) is 1.65. The lowest BCUT2D eigenvalue weighted by molar-refractivity contribution is -0.127. The van der Waals surface area contributed by atoms with Crippen LogP contribution in [0.3, 0.4) is 0 Å². The second kappa shape index (κ2) is 6.04. The van der Waals surface area contributed by atoms with Gasteiger partial charge in [0.15, 0.2) is 0 Å². The van der Waals surface area contributed by atoms with Gasteiger partial charge in [-0.25, -0.2) is 4.98 Å². The third kappa shape index (κ3) is 2.82. The molecular weight excluding hydrogens is 274 g/mol. The lowest BCUT2D eigenvalue weighted by atomic mass is 10.3. The number of aromatic nitrogens is 2. The molecule has 0 aliphatic rings. The normalized spacial score (nSPS) is 10.6. The molecule has 0 atom stereocenters. The van der Waals surface area contributed by atoms with Gasteiger partial charge in [0.05, 0.1) is 11.9 Å². The van der Waals surface area contributed by atoms with Gasteiger partial charge >= 0.3 is 0 Å². The van der Waals surface area contributed by atoms with Crippen molar-refractivity contribution in [3.63, 3.8) is 0 Å². The summed E-state index contributed by atoms with van der Waals surface area (Å²) < 4.78 is 0. The molecule has 108 valence electrons. The number of carbonyl (C=O) groups excluding carboxylic acids is 1. The summed E-state index contributed by atoms with van der Waals surface area (Å²) in [5, 5.41) is 5.95. The van der Waals surface area contributed by atoms with Crippen LogP contribution in [-0.4, -0.2) is 55.0 Å². The van der Waals surface area contributed by atoms with E-state index in [4.69, 9.17) is 0 Å². The summed E-state index contributed by atoms with van der Waals surface area (Å²) in [5.41, 5.74) is 0. The fourth-order valence-corrected chi connectivity index (χ4v) is 2.59. The Bertz CT molecular complexity index is 610. The van der Waals surface area contributed by atoms with Crippen LogP contribution in [0.2, 0.25) is 0 Å². The molecule has 2 heterocycles. The van der Waals surface area contributed by atoms with Gasteiger partial charge in [-0.2, -0.15) is 4.98 Å². The Hall–Kier alpha value is -1.89. The molecule has 0 radical (unpaired) electrons. The van der Waals surface area contributed by atoms with Gasteiger partial charge in [0.1, 0.15) is 10.6 Å². The highest BCUT2D eigenvalue weighted by atomic mass is 32.1. The summed E-state index contributed by atoms with van der Waals surface area (Å²) in [6.45, 7) is 3.04. The number of likely N-dealkylation sites (N-methyl/N-ethyl adjacent to an activating group) is 2. The highest BCUT2D eigenvalue weighted by Gasteiger charge is 2.17. The molecule has 0 bridgehead atoms. The average molecular weight is 293 g/mol. The Kier molecular flexibility index (Phi) is 4.39. The molecule has 0 aliphatic heterocycles. The molecule has 0 fully saturated rings. The Morgan fingerprint density at radius 3 is 2.75 bits per heavy atom. The first-order valence-corrected chi connectivity index (χ1v) is 7.32. The van der Waals surface area contributed by atoms with E-state index in [0.717, 1.165) is 16.0 Å². The fourth-order valence-electron chi connectivity index (χ4n) is 1.83. The average Bonchev–Trinajstić information content (AvgIpc) is 2.91. The first-order valence-electron chi connectivity index (χ1n) is 6.45. The first-order chi connectivity index (χ1) is 9.56. The zero-order chi connectivity index (χ0) is 14.7. The number of rotatable bonds is 5. The van der Waals surface area contributed by atoms with Crippen LogP contribution < -0.4 is 10.2 Å². The summed E-state index contributed by atoms with van der Waals surface area (Å²) in [6.07, 6.45) is 0. The number of anilines is 2. The highest BCUT2D eigenvalue weighted by molar-refractivity contribution is 7.16. The zero-order valence-corrected chi connectivity index (χ0v) is 13.0. The summed E-state index contributed by atoms with van der Waals surface area (Å²) in [4.78, 5) is 25.4. The van der Waals surface area contributed by atoms with E-state index in [1.54, 1.807) is 37.4 Å². The number of carbonyl (C=O) groups is 1. The molecule has 2 rings (SSSR count). The maximum Gasteiger partial charge on any atom is 0.241 e. The second-order valence-corrected chi connectivity index (χ2v) is 5.46. The van der Waals surface area contributed by atoms with Crippen LogP contribution in [0, 0.1) is 0 Å². The van der Waals surface area contributed by atoms with Crippen LogP contribution in [-0.2, 0) is 4.79 Å². The van der Waals surface area contributed by atoms with Crippen LogP contribution in [0.5, 0.6) is 0 Å². The largest absolute Gasteiger partial charge is 0.357 e. The molecule has 0 spiro atoms. The van der Waals surface area contributed by atoms with E-state index in [-0.39, 0.29) is 5.91 Å². The molecule has 20 heavy (non-hydrogen) atoms. The summed E-state index contributed by atoms with van der Waals surface area (Å²) in [5.74, 6) is 1.43. The molecule has 2 aromatic heterocycles. The number of hydrogen-bond acceptors (Lipinski definition) is 6. The molecule has 6 nitrogen and oxygen atoms in total. The second-order valence-electron chi connectivity index (χ2n) is 4.56. The topological polar surface area (TPSA) is 61.4 Å². The molecule has 0 saturated heterocycles. The minimum absolute atomic E-state index is 0.0554. The Balaban J connectivity index is 2.42. The van der Waals surface area contributed by atoms with Gasteiger partial charge in [-0.3, -0.25) is 4.79 Å². The van der Waals surface area contributed by atoms with Gasteiger partial charge in [-0.15, -0.1) is 11.3 Å².